The highest BCUT2D eigenvalue weighted by molar-refractivity contribution is 14.0. The minimum atomic E-state index is -0.116. The van der Waals surface area contributed by atoms with E-state index in [-0.39, 0.29) is 41.9 Å². The minimum absolute atomic E-state index is 0. The smallest absolute Gasteiger partial charge is 0.232 e. The van der Waals surface area contributed by atoms with Gasteiger partial charge in [-0.05, 0) is 18.1 Å². The number of aromatic nitrogens is 2. The largest absolute Gasteiger partial charge is 0.370 e. The Morgan fingerprint density at radius 2 is 2.24 bits per heavy atom. The maximum absolute atomic E-state index is 12.3. The highest BCUT2D eigenvalue weighted by atomic mass is 127. The fourth-order valence-electron chi connectivity index (χ4n) is 3.87. The number of nitrogens with one attached hydrogen (secondary N) is 2. The van der Waals surface area contributed by atoms with Gasteiger partial charge in [0.25, 0.3) is 0 Å². The van der Waals surface area contributed by atoms with Crippen LogP contribution in [0.5, 0.6) is 0 Å². The lowest BCUT2D eigenvalue weighted by Crippen LogP contribution is -2.48. The fraction of sp³-hybridized carbons (Fsp3) is 0.450. The zero-order valence-electron chi connectivity index (χ0n) is 16.7. The lowest BCUT2D eigenvalue weighted by molar-refractivity contribution is -0.117. The summed E-state index contributed by atoms with van der Waals surface area (Å²) in [6, 6.07) is 7.89. The van der Waals surface area contributed by atoms with E-state index < -0.39 is 0 Å². The van der Waals surface area contributed by atoms with Gasteiger partial charge in [-0.25, -0.2) is 0 Å². The molecule has 1 fully saturated rings. The van der Waals surface area contributed by atoms with Crippen molar-refractivity contribution < 1.29 is 9.53 Å². The molecule has 2 aromatic rings. The van der Waals surface area contributed by atoms with Crippen LogP contribution in [0.15, 0.2) is 41.7 Å². The molecular weight excluding hydrogens is 483 g/mol. The number of fused-ring (bicyclic) bond motifs is 1. The van der Waals surface area contributed by atoms with E-state index >= 15 is 0 Å². The molecule has 1 aromatic carbocycles. The van der Waals surface area contributed by atoms with Gasteiger partial charge < -0.3 is 20.3 Å². The number of carbonyl (C=O) groups excluding carboxylic acids is 1. The van der Waals surface area contributed by atoms with Crippen molar-refractivity contribution in [2.45, 2.75) is 18.4 Å². The Morgan fingerprint density at radius 1 is 1.41 bits per heavy atom. The lowest BCUT2D eigenvalue weighted by Gasteiger charge is -2.34. The second-order valence-corrected chi connectivity index (χ2v) is 7.14. The molecule has 1 amide bonds. The van der Waals surface area contributed by atoms with Crippen molar-refractivity contribution in [1.82, 2.24) is 20.0 Å². The molecule has 2 atom stereocenters. The molecule has 2 aliphatic rings. The summed E-state index contributed by atoms with van der Waals surface area (Å²) in [4.78, 5) is 18.9. The van der Waals surface area contributed by atoms with Gasteiger partial charge in [0, 0.05) is 44.6 Å². The van der Waals surface area contributed by atoms with Gasteiger partial charge in [-0.2, -0.15) is 5.10 Å². The molecule has 0 aliphatic carbocycles. The summed E-state index contributed by atoms with van der Waals surface area (Å²) in [5, 5.41) is 10.6. The third kappa shape index (κ3) is 4.72. The number of aryl methyl sites for hydroxylation is 1. The van der Waals surface area contributed by atoms with Gasteiger partial charge in [-0.15, -0.1) is 24.0 Å². The number of hydrogen-bond donors (Lipinski definition) is 2. The number of amides is 1. The first kappa shape index (κ1) is 21.6. The number of nitrogens with zero attached hydrogens (tertiary/aromatic N) is 4. The van der Waals surface area contributed by atoms with Gasteiger partial charge in [0.15, 0.2) is 5.96 Å². The van der Waals surface area contributed by atoms with Gasteiger partial charge in [-0.3, -0.25) is 14.5 Å². The fourth-order valence-corrected chi connectivity index (χ4v) is 3.87. The topological polar surface area (TPSA) is 83.8 Å². The molecule has 0 spiro atoms. The molecule has 4 rings (SSSR count). The number of guanidine groups is 1. The van der Waals surface area contributed by atoms with Crippen molar-refractivity contribution in [1.29, 1.82) is 0 Å². The molecule has 1 saturated heterocycles. The second kappa shape index (κ2) is 9.57. The minimum Gasteiger partial charge on any atom is -0.370 e. The Balaban J connectivity index is 0.00000240. The predicted octanol–water partition coefficient (Wildman–Crippen LogP) is 2.11. The number of hydrogen-bond acceptors (Lipinski definition) is 4. The predicted molar refractivity (Wildman–Crippen MR) is 123 cm³/mol. The van der Waals surface area contributed by atoms with Crippen molar-refractivity contribution in [3.63, 3.8) is 0 Å². The number of aliphatic imine (C=N–C) groups is 1. The molecular formula is C20H27IN6O2. The molecule has 156 valence electrons. The normalized spacial score (nSPS) is 21.4. The van der Waals surface area contributed by atoms with E-state index in [0.717, 1.165) is 42.3 Å². The summed E-state index contributed by atoms with van der Waals surface area (Å²) >= 11 is 0. The van der Waals surface area contributed by atoms with Crippen LogP contribution >= 0.6 is 24.0 Å². The summed E-state index contributed by atoms with van der Waals surface area (Å²) in [5.74, 6) is 0.791. The van der Waals surface area contributed by atoms with E-state index in [2.05, 4.69) is 25.6 Å². The van der Waals surface area contributed by atoms with E-state index in [0.29, 0.717) is 13.2 Å². The zero-order chi connectivity index (χ0) is 19.5. The van der Waals surface area contributed by atoms with Crippen LogP contribution in [-0.4, -0.2) is 59.8 Å². The van der Waals surface area contributed by atoms with Crippen LogP contribution in [0.1, 0.15) is 29.6 Å². The SMILES string of the molecule is CN=C(NCCC1C(=O)Nc2ccccc21)N1CCOC(c2cnn(C)c2)C1.I. The number of halogens is 1. The lowest BCUT2D eigenvalue weighted by atomic mass is 9.97. The molecule has 8 nitrogen and oxygen atoms in total. The van der Waals surface area contributed by atoms with Crippen molar-refractivity contribution >= 4 is 41.5 Å². The summed E-state index contributed by atoms with van der Waals surface area (Å²) < 4.78 is 7.70. The molecule has 2 unspecified atom stereocenters. The van der Waals surface area contributed by atoms with Crippen LogP contribution in [0.4, 0.5) is 5.69 Å². The van der Waals surface area contributed by atoms with E-state index in [1.165, 1.54) is 0 Å². The van der Waals surface area contributed by atoms with Gasteiger partial charge in [0.05, 0.1) is 25.3 Å². The third-order valence-corrected chi connectivity index (χ3v) is 5.30. The Kier molecular flexibility index (Phi) is 7.12. The molecule has 0 radical (unpaired) electrons. The first-order valence-corrected chi connectivity index (χ1v) is 9.61. The zero-order valence-corrected chi connectivity index (χ0v) is 19.0. The van der Waals surface area contributed by atoms with Crippen molar-refractivity contribution in [2.75, 3.05) is 38.6 Å². The number of anilines is 1. The van der Waals surface area contributed by atoms with Crippen molar-refractivity contribution in [3.05, 3.63) is 47.8 Å². The monoisotopic (exact) mass is 510 g/mol. The maximum atomic E-state index is 12.3. The van der Waals surface area contributed by atoms with Gasteiger partial charge >= 0.3 is 0 Å². The number of morpholine rings is 1. The molecule has 0 saturated carbocycles. The Labute approximate surface area is 187 Å². The molecule has 2 N–H and O–H groups in total. The van der Waals surface area contributed by atoms with Crippen LogP contribution in [0.25, 0.3) is 0 Å². The standard InChI is InChI=1S/C20H26N6O2.HI/c1-21-20(26-9-10-28-18(13-26)14-11-23-25(2)12-14)22-8-7-16-15-5-3-4-6-17(15)24-19(16)27;/h3-6,11-12,16,18H,7-10,13H2,1-2H3,(H,21,22)(H,24,27);1H. The Morgan fingerprint density at radius 3 is 3.00 bits per heavy atom. The Bertz CT molecular complexity index is 883. The quantitative estimate of drug-likeness (QED) is 0.374. The van der Waals surface area contributed by atoms with Crippen LogP contribution in [0.3, 0.4) is 0 Å². The summed E-state index contributed by atoms with van der Waals surface area (Å²) in [5.41, 5.74) is 3.07. The average Bonchev–Trinajstić information content (AvgIpc) is 3.28. The number of benzene rings is 1. The first-order chi connectivity index (χ1) is 13.7. The van der Waals surface area contributed by atoms with Gasteiger partial charge in [-0.1, -0.05) is 18.2 Å². The summed E-state index contributed by atoms with van der Waals surface area (Å²) in [6.07, 6.45) is 4.53. The molecule has 2 aliphatic heterocycles. The highest BCUT2D eigenvalue weighted by Crippen LogP contribution is 2.33. The van der Waals surface area contributed by atoms with Crippen LogP contribution in [0, 0.1) is 0 Å². The van der Waals surface area contributed by atoms with Crippen LogP contribution < -0.4 is 10.6 Å². The van der Waals surface area contributed by atoms with E-state index in [4.69, 9.17) is 4.74 Å². The van der Waals surface area contributed by atoms with Crippen molar-refractivity contribution in [2.24, 2.45) is 12.0 Å². The molecule has 9 heteroatoms. The van der Waals surface area contributed by atoms with Crippen LogP contribution in [-0.2, 0) is 16.6 Å². The highest BCUT2D eigenvalue weighted by Gasteiger charge is 2.30. The molecule has 1 aromatic heterocycles. The summed E-state index contributed by atoms with van der Waals surface area (Å²) in [7, 11) is 3.69. The number of carbonyl (C=O) groups is 1. The third-order valence-electron chi connectivity index (χ3n) is 5.30. The number of para-hydroxylation sites is 1. The first-order valence-electron chi connectivity index (χ1n) is 9.61. The van der Waals surface area contributed by atoms with Crippen LogP contribution in [0.2, 0.25) is 0 Å². The Hall–Kier alpha value is -2.14. The molecule has 0 bridgehead atoms. The molecule has 3 heterocycles. The van der Waals surface area contributed by atoms with Gasteiger partial charge in [0.1, 0.15) is 6.10 Å². The average molecular weight is 510 g/mol. The van der Waals surface area contributed by atoms with Gasteiger partial charge in [0.2, 0.25) is 5.91 Å². The van der Waals surface area contributed by atoms with E-state index in [1.54, 1.807) is 11.7 Å². The number of rotatable bonds is 4. The van der Waals surface area contributed by atoms with E-state index in [9.17, 15) is 4.79 Å². The second-order valence-electron chi connectivity index (χ2n) is 7.14. The van der Waals surface area contributed by atoms with Crippen molar-refractivity contribution in [3.8, 4) is 0 Å². The summed E-state index contributed by atoms with van der Waals surface area (Å²) in [6.45, 7) is 2.81. The van der Waals surface area contributed by atoms with E-state index in [1.807, 2.05) is 43.7 Å². The molecule has 29 heavy (non-hydrogen) atoms. The maximum Gasteiger partial charge on any atom is 0.232 e. The number of ether oxygens (including phenoxy) is 1.